The minimum absolute atomic E-state index is 0.131. The fourth-order valence-corrected chi connectivity index (χ4v) is 5.03. The summed E-state index contributed by atoms with van der Waals surface area (Å²) < 4.78 is 36.8. The predicted octanol–water partition coefficient (Wildman–Crippen LogP) is 4.54. The van der Waals surface area contributed by atoms with E-state index in [0.717, 1.165) is 51.6 Å². The first-order chi connectivity index (χ1) is 14.5. The molecule has 1 aromatic rings. The maximum Gasteiger partial charge on any atom is 0.339 e. The summed E-state index contributed by atoms with van der Waals surface area (Å²) >= 11 is 3.20. The monoisotopic (exact) mass is 487 g/mol. The Hall–Kier alpha value is -1.22. The molecule has 3 rings (SSSR count). The average molecular weight is 488 g/mol. The molecule has 0 aromatic heterocycles. The van der Waals surface area contributed by atoms with Crippen LogP contribution in [0.4, 0.5) is 10.1 Å². The number of carbonyl (C=O) groups excluding carboxylic acids is 1. The van der Waals surface area contributed by atoms with Crippen molar-refractivity contribution in [3.8, 4) is 0 Å². The molecule has 2 fully saturated rings. The van der Waals surface area contributed by atoms with Crippen LogP contribution in [-0.2, 0) is 18.9 Å². The second-order valence-electron chi connectivity index (χ2n) is 7.95. The average Bonchev–Trinajstić information content (AvgIpc) is 2.78. The Morgan fingerprint density at radius 3 is 2.20 bits per heavy atom. The first-order valence-corrected chi connectivity index (χ1v) is 11.3. The van der Waals surface area contributed by atoms with E-state index in [0.29, 0.717) is 11.6 Å². The van der Waals surface area contributed by atoms with Gasteiger partial charge in [-0.05, 0) is 66.6 Å². The van der Waals surface area contributed by atoms with Gasteiger partial charge in [-0.15, -0.1) is 0 Å². The topological polar surface area (TPSA) is 57.2 Å². The minimum Gasteiger partial charge on any atom is -0.465 e. The third-order valence-electron chi connectivity index (χ3n) is 6.20. The lowest BCUT2D eigenvalue weighted by molar-refractivity contribution is -0.153. The summed E-state index contributed by atoms with van der Waals surface area (Å²) in [5.74, 6) is -0.561. The number of carbonyl (C=O) groups is 1. The van der Waals surface area contributed by atoms with Crippen molar-refractivity contribution in [2.45, 2.75) is 57.0 Å². The van der Waals surface area contributed by atoms with Crippen molar-refractivity contribution in [2.75, 3.05) is 39.3 Å². The quantitative estimate of drug-likeness (QED) is 0.415. The van der Waals surface area contributed by atoms with Crippen LogP contribution < -0.4 is 4.90 Å². The third kappa shape index (κ3) is 5.33. The van der Waals surface area contributed by atoms with Crippen LogP contribution >= 0.6 is 15.9 Å². The molecule has 0 N–H and O–H groups in total. The molecule has 8 heteroatoms. The van der Waals surface area contributed by atoms with E-state index < -0.39 is 11.8 Å². The number of anilines is 1. The molecule has 1 heterocycles. The SMILES string of the molecule is COC(=O)c1ccc(N2CCC(OC3CCC(C(OC)OC)CC3)CC2)c(F)c1Br. The number of benzene rings is 1. The third-order valence-corrected chi connectivity index (χ3v) is 6.98. The molecule has 0 spiro atoms. The van der Waals surface area contributed by atoms with Crippen molar-refractivity contribution in [3.05, 3.63) is 28.0 Å². The summed E-state index contributed by atoms with van der Waals surface area (Å²) in [5, 5.41) is 0. The number of rotatable bonds is 7. The van der Waals surface area contributed by atoms with E-state index in [1.165, 1.54) is 7.11 Å². The highest BCUT2D eigenvalue weighted by molar-refractivity contribution is 9.10. The number of ether oxygens (including phenoxy) is 4. The van der Waals surface area contributed by atoms with Gasteiger partial charge in [0, 0.05) is 33.2 Å². The number of hydrogen-bond acceptors (Lipinski definition) is 6. The maximum atomic E-state index is 14.8. The molecule has 1 saturated carbocycles. The number of methoxy groups -OCH3 is 3. The molecule has 6 nitrogen and oxygen atoms in total. The number of esters is 1. The van der Waals surface area contributed by atoms with Crippen molar-refractivity contribution in [1.29, 1.82) is 0 Å². The van der Waals surface area contributed by atoms with Crippen molar-refractivity contribution < 1.29 is 28.1 Å². The number of piperidine rings is 1. The Morgan fingerprint density at radius 1 is 1.03 bits per heavy atom. The standard InChI is InChI=1S/C22H31BrFNO5/c1-27-21(26)17-8-9-18(20(24)19(17)23)25-12-10-16(11-13-25)30-15-6-4-14(5-7-15)22(28-2)29-3/h8-9,14-16,22H,4-7,10-13H2,1-3H3. The van der Waals surface area contributed by atoms with Gasteiger partial charge in [0.15, 0.2) is 12.1 Å². The first kappa shape index (κ1) is 23.4. The van der Waals surface area contributed by atoms with Crippen LogP contribution in [0, 0.1) is 11.7 Å². The van der Waals surface area contributed by atoms with Gasteiger partial charge in [-0.25, -0.2) is 9.18 Å². The fourth-order valence-electron chi connectivity index (χ4n) is 4.53. The molecule has 1 saturated heterocycles. The van der Waals surface area contributed by atoms with Crippen LogP contribution in [0.2, 0.25) is 0 Å². The Labute approximate surface area is 186 Å². The van der Waals surface area contributed by atoms with E-state index >= 15 is 0 Å². The van der Waals surface area contributed by atoms with E-state index in [4.69, 9.17) is 18.9 Å². The van der Waals surface area contributed by atoms with Gasteiger partial charge in [0.1, 0.15) is 0 Å². The van der Waals surface area contributed by atoms with Gasteiger partial charge in [0.25, 0.3) is 0 Å². The summed E-state index contributed by atoms with van der Waals surface area (Å²) in [6, 6.07) is 3.25. The molecule has 2 aliphatic rings. The van der Waals surface area contributed by atoms with Crippen LogP contribution in [0.15, 0.2) is 16.6 Å². The first-order valence-electron chi connectivity index (χ1n) is 10.5. The Balaban J connectivity index is 1.50. The summed E-state index contributed by atoms with van der Waals surface area (Å²) in [6.45, 7) is 1.44. The van der Waals surface area contributed by atoms with E-state index in [2.05, 4.69) is 15.9 Å². The zero-order chi connectivity index (χ0) is 21.7. The Bertz CT molecular complexity index is 714. The van der Waals surface area contributed by atoms with Crippen LogP contribution in [0.3, 0.4) is 0 Å². The van der Waals surface area contributed by atoms with Gasteiger partial charge in [0.05, 0.1) is 35.0 Å². The van der Waals surface area contributed by atoms with Gasteiger partial charge in [-0.3, -0.25) is 0 Å². The smallest absolute Gasteiger partial charge is 0.339 e. The summed E-state index contributed by atoms with van der Waals surface area (Å²) in [6.07, 6.45) is 6.18. The van der Waals surface area contributed by atoms with E-state index in [-0.39, 0.29) is 28.5 Å². The summed E-state index contributed by atoms with van der Waals surface area (Å²) in [4.78, 5) is 13.7. The summed E-state index contributed by atoms with van der Waals surface area (Å²) in [5.41, 5.74) is 0.690. The lowest BCUT2D eigenvalue weighted by Gasteiger charge is -2.38. The molecular formula is C22H31BrFNO5. The molecule has 1 aromatic carbocycles. The molecule has 1 aliphatic carbocycles. The van der Waals surface area contributed by atoms with Crippen LogP contribution in [0.25, 0.3) is 0 Å². The van der Waals surface area contributed by atoms with Gasteiger partial charge >= 0.3 is 5.97 Å². The van der Waals surface area contributed by atoms with Crippen molar-refractivity contribution in [3.63, 3.8) is 0 Å². The molecule has 168 valence electrons. The van der Waals surface area contributed by atoms with Gasteiger partial charge in [-0.2, -0.15) is 0 Å². The second-order valence-corrected chi connectivity index (χ2v) is 8.74. The molecule has 0 atom stereocenters. The predicted molar refractivity (Wildman–Crippen MR) is 115 cm³/mol. The summed E-state index contributed by atoms with van der Waals surface area (Å²) in [7, 11) is 4.66. The molecule has 0 radical (unpaired) electrons. The van der Waals surface area contributed by atoms with Gasteiger partial charge < -0.3 is 23.8 Å². The van der Waals surface area contributed by atoms with E-state index in [1.54, 1.807) is 26.4 Å². The highest BCUT2D eigenvalue weighted by atomic mass is 79.9. The normalized spacial score (nSPS) is 23.1. The molecule has 30 heavy (non-hydrogen) atoms. The van der Waals surface area contributed by atoms with Crippen molar-refractivity contribution in [1.82, 2.24) is 0 Å². The molecule has 1 aliphatic heterocycles. The van der Waals surface area contributed by atoms with Gasteiger partial charge in [0.2, 0.25) is 0 Å². The Morgan fingerprint density at radius 2 is 1.63 bits per heavy atom. The highest BCUT2D eigenvalue weighted by Crippen LogP contribution is 2.34. The zero-order valence-corrected chi connectivity index (χ0v) is 19.5. The van der Waals surface area contributed by atoms with Crippen LogP contribution in [0.5, 0.6) is 0 Å². The fraction of sp³-hybridized carbons (Fsp3) is 0.682. The number of nitrogens with zero attached hydrogens (tertiary/aromatic N) is 1. The van der Waals surface area contributed by atoms with Crippen LogP contribution in [-0.4, -0.2) is 58.9 Å². The molecular weight excluding hydrogens is 457 g/mol. The van der Waals surface area contributed by atoms with Crippen molar-refractivity contribution in [2.24, 2.45) is 5.92 Å². The van der Waals surface area contributed by atoms with E-state index in [9.17, 15) is 9.18 Å². The minimum atomic E-state index is -0.559. The highest BCUT2D eigenvalue weighted by Gasteiger charge is 2.31. The molecule has 0 amide bonds. The lowest BCUT2D eigenvalue weighted by Crippen LogP contribution is -2.40. The number of halogens is 2. The van der Waals surface area contributed by atoms with E-state index in [1.807, 2.05) is 4.90 Å². The largest absolute Gasteiger partial charge is 0.465 e. The van der Waals surface area contributed by atoms with Crippen molar-refractivity contribution >= 4 is 27.6 Å². The molecule has 0 unspecified atom stereocenters. The zero-order valence-electron chi connectivity index (χ0n) is 17.9. The molecule has 0 bridgehead atoms. The van der Waals surface area contributed by atoms with Crippen LogP contribution in [0.1, 0.15) is 48.9 Å². The maximum absolute atomic E-state index is 14.8. The number of hydrogen-bond donors (Lipinski definition) is 0. The lowest BCUT2D eigenvalue weighted by atomic mass is 9.86. The van der Waals surface area contributed by atoms with Gasteiger partial charge in [-0.1, -0.05) is 0 Å². The Kier molecular flexibility index (Phi) is 8.51. The second kappa shape index (κ2) is 10.9.